The van der Waals surface area contributed by atoms with Crippen molar-refractivity contribution in [2.45, 2.75) is 19.9 Å². The average Bonchev–Trinajstić information content (AvgIpc) is 2.85. The summed E-state index contributed by atoms with van der Waals surface area (Å²) in [6.07, 6.45) is 0. The molecular formula is C15H21N5O. The zero-order valence-corrected chi connectivity index (χ0v) is 12.8. The number of carbonyl (C=O) groups is 1. The minimum Gasteiger partial charge on any atom is -0.349 e. The Kier molecular flexibility index (Phi) is 4.70. The van der Waals surface area contributed by atoms with E-state index in [4.69, 9.17) is 0 Å². The van der Waals surface area contributed by atoms with Gasteiger partial charge in [-0.2, -0.15) is 15.4 Å². The van der Waals surface area contributed by atoms with E-state index in [0.717, 1.165) is 0 Å². The maximum Gasteiger partial charge on any atom is 0.273 e. The number of amides is 1. The standard InChI is InChI=1S/C15H21N5O/c1-10-6-5-7-12(8-10)13(20(3)4)9-16-15(21)14-11(2)17-19-18-14/h5-8,13H,9H2,1-4H3,(H,16,21)(H,17,18,19)/t13-/m0/s1. The van der Waals surface area contributed by atoms with Crippen LogP contribution in [0.2, 0.25) is 0 Å². The van der Waals surface area contributed by atoms with Crippen LogP contribution in [0.4, 0.5) is 0 Å². The molecule has 2 rings (SSSR count). The summed E-state index contributed by atoms with van der Waals surface area (Å²) in [5, 5.41) is 13.1. The summed E-state index contributed by atoms with van der Waals surface area (Å²) in [7, 11) is 4.00. The second kappa shape index (κ2) is 6.49. The number of nitrogens with zero attached hydrogens (tertiary/aromatic N) is 3. The number of likely N-dealkylation sites (N-methyl/N-ethyl adjacent to an activating group) is 1. The average molecular weight is 287 g/mol. The number of hydrogen-bond acceptors (Lipinski definition) is 4. The third-order valence-corrected chi connectivity index (χ3v) is 3.44. The molecular weight excluding hydrogens is 266 g/mol. The van der Waals surface area contributed by atoms with Crippen LogP contribution in [0.3, 0.4) is 0 Å². The smallest absolute Gasteiger partial charge is 0.273 e. The third-order valence-electron chi connectivity index (χ3n) is 3.44. The highest BCUT2D eigenvalue weighted by Crippen LogP contribution is 2.18. The number of aryl methyl sites for hydroxylation is 2. The molecule has 21 heavy (non-hydrogen) atoms. The Morgan fingerprint density at radius 1 is 1.33 bits per heavy atom. The number of nitrogens with one attached hydrogen (secondary N) is 2. The Morgan fingerprint density at radius 3 is 2.67 bits per heavy atom. The molecule has 0 bridgehead atoms. The van der Waals surface area contributed by atoms with Crippen LogP contribution in [0.15, 0.2) is 24.3 Å². The summed E-state index contributed by atoms with van der Waals surface area (Å²) >= 11 is 0. The van der Waals surface area contributed by atoms with Gasteiger partial charge in [0.2, 0.25) is 0 Å². The van der Waals surface area contributed by atoms with E-state index < -0.39 is 0 Å². The van der Waals surface area contributed by atoms with Crippen molar-refractivity contribution in [3.05, 3.63) is 46.8 Å². The SMILES string of the molecule is Cc1cccc([C@H](CNC(=O)c2n[nH]nc2C)N(C)C)c1. The fourth-order valence-electron chi connectivity index (χ4n) is 2.25. The summed E-state index contributed by atoms with van der Waals surface area (Å²) in [4.78, 5) is 14.2. The van der Waals surface area contributed by atoms with E-state index in [1.54, 1.807) is 6.92 Å². The van der Waals surface area contributed by atoms with Crippen LogP contribution < -0.4 is 5.32 Å². The minimum atomic E-state index is -0.208. The van der Waals surface area contributed by atoms with E-state index in [1.807, 2.05) is 20.2 Å². The van der Waals surface area contributed by atoms with Gasteiger partial charge in [-0.15, -0.1) is 0 Å². The Morgan fingerprint density at radius 2 is 2.10 bits per heavy atom. The normalized spacial score (nSPS) is 12.4. The topological polar surface area (TPSA) is 73.9 Å². The number of aromatic amines is 1. The van der Waals surface area contributed by atoms with Crippen LogP contribution in [0.25, 0.3) is 0 Å². The molecule has 6 heteroatoms. The lowest BCUT2D eigenvalue weighted by molar-refractivity contribution is 0.0936. The number of hydrogen-bond donors (Lipinski definition) is 2. The van der Waals surface area contributed by atoms with Gasteiger partial charge in [0, 0.05) is 6.54 Å². The molecule has 2 aromatic rings. The van der Waals surface area contributed by atoms with Gasteiger partial charge >= 0.3 is 0 Å². The lowest BCUT2D eigenvalue weighted by atomic mass is 10.0. The van der Waals surface area contributed by atoms with E-state index in [2.05, 4.69) is 50.8 Å². The first-order valence-electron chi connectivity index (χ1n) is 6.87. The summed E-state index contributed by atoms with van der Waals surface area (Å²) in [6.45, 7) is 4.33. The summed E-state index contributed by atoms with van der Waals surface area (Å²) in [6, 6.07) is 8.42. The van der Waals surface area contributed by atoms with Crippen LogP contribution in [0.1, 0.15) is 33.4 Å². The molecule has 1 aromatic heterocycles. The predicted molar refractivity (Wildman–Crippen MR) is 81.1 cm³/mol. The quantitative estimate of drug-likeness (QED) is 0.873. The Hall–Kier alpha value is -2.21. The molecule has 2 N–H and O–H groups in total. The largest absolute Gasteiger partial charge is 0.349 e. The van der Waals surface area contributed by atoms with E-state index in [1.165, 1.54) is 11.1 Å². The van der Waals surface area contributed by atoms with Crippen molar-refractivity contribution in [3.8, 4) is 0 Å². The molecule has 1 heterocycles. The number of carbonyl (C=O) groups excluding carboxylic acids is 1. The molecule has 1 amide bonds. The molecule has 0 saturated heterocycles. The third kappa shape index (κ3) is 3.66. The second-order valence-corrected chi connectivity index (χ2v) is 5.36. The first-order valence-corrected chi connectivity index (χ1v) is 6.87. The van der Waals surface area contributed by atoms with Gasteiger partial charge in [0.25, 0.3) is 5.91 Å². The van der Waals surface area contributed by atoms with Crippen LogP contribution in [0.5, 0.6) is 0 Å². The number of benzene rings is 1. The highest BCUT2D eigenvalue weighted by molar-refractivity contribution is 5.93. The molecule has 1 atom stereocenters. The fraction of sp³-hybridized carbons (Fsp3) is 0.400. The van der Waals surface area contributed by atoms with Crippen LogP contribution in [0, 0.1) is 13.8 Å². The maximum absolute atomic E-state index is 12.1. The molecule has 0 unspecified atom stereocenters. The van der Waals surface area contributed by atoms with E-state index in [-0.39, 0.29) is 11.9 Å². The van der Waals surface area contributed by atoms with Crippen LogP contribution >= 0.6 is 0 Å². The fourth-order valence-corrected chi connectivity index (χ4v) is 2.25. The van der Waals surface area contributed by atoms with Crippen molar-refractivity contribution >= 4 is 5.91 Å². The number of aromatic nitrogens is 3. The van der Waals surface area contributed by atoms with Crippen LogP contribution in [-0.4, -0.2) is 46.9 Å². The van der Waals surface area contributed by atoms with Gasteiger partial charge in [0.15, 0.2) is 5.69 Å². The van der Waals surface area contributed by atoms with Crippen molar-refractivity contribution in [2.75, 3.05) is 20.6 Å². The molecule has 0 spiro atoms. The zero-order chi connectivity index (χ0) is 15.4. The van der Waals surface area contributed by atoms with Gasteiger partial charge in [-0.25, -0.2) is 0 Å². The monoisotopic (exact) mass is 287 g/mol. The molecule has 112 valence electrons. The van der Waals surface area contributed by atoms with Gasteiger partial charge in [-0.05, 0) is 33.5 Å². The lowest BCUT2D eigenvalue weighted by Crippen LogP contribution is -2.35. The van der Waals surface area contributed by atoms with Crippen molar-refractivity contribution in [2.24, 2.45) is 0 Å². The first-order chi connectivity index (χ1) is 9.99. The van der Waals surface area contributed by atoms with Gasteiger partial charge in [-0.3, -0.25) is 4.79 Å². The van der Waals surface area contributed by atoms with Gasteiger partial charge in [0.05, 0.1) is 11.7 Å². The Labute approximate surface area is 124 Å². The van der Waals surface area contributed by atoms with E-state index in [0.29, 0.717) is 17.9 Å². The first kappa shape index (κ1) is 15.2. The van der Waals surface area contributed by atoms with Gasteiger partial charge in [-0.1, -0.05) is 29.8 Å². The summed E-state index contributed by atoms with van der Waals surface area (Å²) < 4.78 is 0. The summed E-state index contributed by atoms with van der Waals surface area (Å²) in [5.74, 6) is -0.208. The van der Waals surface area contributed by atoms with E-state index >= 15 is 0 Å². The summed E-state index contributed by atoms with van der Waals surface area (Å²) in [5.41, 5.74) is 3.33. The highest BCUT2D eigenvalue weighted by Gasteiger charge is 2.18. The van der Waals surface area contributed by atoms with Gasteiger partial charge < -0.3 is 10.2 Å². The molecule has 6 nitrogen and oxygen atoms in total. The molecule has 0 aliphatic rings. The molecule has 1 aromatic carbocycles. The molecule has 0 aliphatic carbocycles. The molecule has 0 aliphatic heterocycles. The van der Waals surface area contributed by atoms with Crippen molar-refractivity contribution in [1.82, 2.24) is 25.6 Å². The zero-order valence-electron chi connectivity index (χ0n) is 12.8. The van der Waals surface area contributed by atoms with Crippen molar-refractivity contribution < 1.29 is 4.79 Å². The van der Waals surface area contributed by atoms with E-state index in [9.17, 15) is 4.79 Å². The van der Waals surface area contributed by atoms with Crippen molar-refractivity contribution in [1.29, 1.82) is 0 Å². The Bertz CT molecular complexity index is 620. The van der Waals surface area contributed by atoms with Crippen LogP contribution in [-0.2, 0) is 0 Å². The predicted octanol–water partition coefficient (Wildman–Crippen LogP) is 1.45. The maximum atomic E-state index is 12.1. The molecule has 0 radical (unpaired) electrons. The number of H-pyrrole nitrogens is 1. The van der Waals surface area contributed by atoms with Crippen molar-refractivity contribution in [3.63, 3.8) is 0 Å². The van der Waals surface area contributed by atoms with Gasteiger partial charge in [0.1, 0.15) is 0 Å². The molecule has 0 saturated carbocycles. The highest BCUT2D eigenvalue weighted by atomic mass is 16.2. The minimum absolute atomic E-state index is 0.112. The lowest BCUT2D eigenvalue weighted by Gasteiger charge is -2.25. The second-order valence-electron chi connectivity index (χ2n) is 5.36. The number of rotatable bonds is 5. The molecule has 0 fully saturated rings. The Balaban J connectivity index is 2.08.